The van der Waals surface area contributed by atoms with Crippen LogP contribution in [0.2, 0.25) is 0 Å². The molecule has 0 radical (unpaired) electrons. The standard InChI is InChI=1S/C29H25FN6O2S/c1-15-5-3-4-6-17(15)8-19-10-21(34-29-23(26(19)38)7-16(2)39-29)13-36-28-24(27(31)32-14-33-28)25(35-36)18-9-20(30)12-22(37)11-18/h3-7,9,11-12,14,19,37H,8,10,13H2,1-2H3,(H2,31,32,33). The smallest absolute Gasteiger partial charge is 0.169 e. The van der Waals surface area contributed by atoms with E-state index in [-0.39, 0.29) is 29.8 Å². The highest BCUT2D eigenvalue weighted by atomic mass is 32.1. The normalized spacial score (nSPS) is 15.3. The van der Waals surface area contributed by atoms with Gasteiger partial charge < -0.3 is 10.8 Å². The summed E-state index contributed by atoms with van der Waals surface area (Å²) < 4.78 is 15.8. The minimum absolute atomic E-state index is 0.0872. The van der Waals surface area contributed by atoms with Gasteiger partial charge >= 0.3 is 0 Å². The Balaban J connectivity index is 1.44. The van der Waals surface area contributed by atoms with Crippen LogP contribution in [0.5, 0.6) is 5.75 Å². The topological polar surface area (TPSA) is 119 Å². The Kier molecular flexibility index (Phi) is 6.19. The highest BCUT2D eigenvalue weighted by molar-refractivity contribution is 7.16. The molecule has 0 amide bonds. The first-order valence-corrected chi connectivity index (χ1v) is 13.3. The number of rotatable bonds is 5. The van der Waals surface area contributed by atoms with Crippen molar-refractivity contribution in [1.29, 1.82) is 0 Å². The summed E-state index contributed by atoms with van der Waals surface area (Å²) >= 11 is 1.49. The van der Waals surface area contributed by atoms with Gasteiger partial charge in [0.25, 0.3) is 0 Å². The van der Waals surface area contributed by atoms with Gasteiger partial charge in [0.2, 0.25) is 0 Å². The lowest BCUT2D eigenvalue weighted by molar-refractivity contribution is 0.0924. The van der Waals surface area contributed by atoms with Gasteiger partial charge in [0.05, 0.1) is 17.5 Å². The minimum Gasteiger partial charge on any atom is -0.508 e. The number of carbonyl (C=O) groups excluding carboxylic acids is 1. The van der Waals surface area contributed by atoms with E-state index < -0.39 is 5.82 Å². The molecule has 1 aliphatic heterocycles. The van der Waals surface area contributed by atoms with Crippen molar-refractivity contribution < 1.29 is 14.3 Å². The quantitative estimate of drug-likeness (QED) is 0.290. The van der Waals surface area contributed by atoms with Crippen LogP contribution in [0.15, 0.2) is 59.9 Å². The second kappa shape index (κ2) is 9.70. The number of fused-ring (bicyclic) bond motifs is 2. The van der Waals surface area contributed by atoms with Gasteiger partial charge in [0, 0.05) is 28.1 Å². The summed E-state index contributed by atoms with van der Waals surface area (Å²) in [5, 5.41) is 15.9. The Labute approximate surface area is 227 Å². The molecule has 2 aromatic carbocycles. The van der Waals surface area contributed by atoms with Crippen LogP contribution >= 0.6 is 11.3 Å². The van der Waals surface area contributed by atoms with E-state index in [9.17, 15) is 14.3 Å². The van der Waals surface area contributed by atoms with Crippen LogP contribution in [0.4, 0.5) is 15.2 Å². The fourth-order valence-corrected chi connectivity index (χ4v) is 6.07. The predicted molar refractivity (Wildman–Crippen MR) is 150 cm³/mol. The number of hydrogen-bond donors (Lipinski definition) is 2. The maximum atomic E-state index is 14.2. The number of benzene rings is 2. The van der Waals surface area contributed by atoms with Crippen LogP contribution in [-0.2, 0) is 13.0 Å². The van der Waals surface area contributed by atoms with Crippen molar-refractivity contribution in [3.63, 3.8) is 0 Å². The van der Waals surface area contributed by atoms with E-state index in [1.165, 1.54) is 29.8 Å². The molecule has 0 bridgehead atoms. The monoisotopic (exact) mass is 540 g/mol. The zero-order valence-corrected chi connectivity index (χ0v) is 22.2. The number of anilines is 1. The van der Waals surface area contributed by atoms with Gasteiger partial charge in [0.15, 0.2) is 11.4 Å². The largest absolute Gasteiger partial charge is 0.508 e. The van der Waals surface area contributed by atoms with Crippen molar-refractivity contribution >= 4 is 44.7 Å². The van der Waals surface area contributed by atoms with Crippen molar-refractivity contribution in [3.8, 4) is 17.0 Å². The summed E-state index contributed by atoms with van der Waals surface area (Å²) in [6, 6.07) is 13.7. The van der Waals surface area contributed by atoms with Crippen LogP contribution in [-0.4, -0.2) is 36.3 Å². The first-order chi connectivity index (χ1) is 18.8. The number of nitrogens with zero attached hydrogens (tertiary/aromatic N) is 5. The van der Waals surface area contributed by atoms with E-state index in [1.54, 1.807) is 4.68 Å². The van der Waals surface area contributed by atoms with E-state index in [0.29, 0.717) is 45.7 Å². The number of aromatic nitrogens is 4. The average Bonchev–Trinajstić information content (AvgIpc) is 3.41. The molecule has 1 unspecified atom stereocenters. The lowest BCUT2D eigenvalue weighted by atomic mass is 9.87. The second-order valence-corrected chi connectivity index (χ2v) is 11.0. The molecule has 3 aromatic heterocycles. The summed E-state index contributed by atoms with van der Waals surface area (Å²) in [5.41, 5.74) is 11.1. The van der Waals surface area contributed by atoms with Gasteiger partial charge in [-0.2, -0.15) is 5.10 Å². The molecule has 3 N–H and O–H groups in total. The lowest BCUT2D eigenvalue weighted by Crippen LogP contribution is -2.22. The van der Waals surface area contributed by atoms with E-state index in [0.717, 1.165) is 27.8 Å². The molecule has 10 heteroatoms. The number of carbonyl (C=O) groups is 1. The number of phenolic OH excluding ortho intramolecular Hbond substituents is 1. The first kappa shape index (κ1) is 24.9. The Hall–Kier alpha value is -4.44. The van der Waals surface area contributed by atoms with Crippen molar-refractivity contribution in [2.45, 2.75) is 33.2 Å². The molecule has 0 spiro atoms. The summed E-state index contributed by atoms with van der Waals surface area (Å²) in [4.78, 5) is 28.2. The fourth-order valence-electron chi connectivity index (χ4n) is 5.14. The van der Waals surface area contributed by atoms with Gasteiger partial charge in [-0.25, -0.2) is 24.0 Å². The number of aliphatic imine (C=N–C) groups is 1. The van der Waals surface area contributed by atoms with Gasteiger partial charge in [-0.05, 0) is 56.0 Å². The predicted octanol–water partition coefficient (Wildman–Crippen LogP) is 5.82. The van der Waals surface area contributed by atoms with E-state index >= 15 is 0 Å². The highest BCUT2D eigenvalue weighted by Crippen LogP contribution is 2.38. The van der Waals surface area contributed by atoms with Gasteiger partial charge in [-0.3, -0.25) is 4.79 Å². The third-order valence-corrected chi connectivity index (χ3v) is 7.93. The number of thiophene rings is 1. The summed E-state index contributed by atoms with van der Waals surface area (Å²) in [6.07, 6.45) is 2.40. The van der Waals surface area contributed by atoms with Gasteiger partial charge in [0.1, 0.15) is 34.4 Å². The van der Waals surface area contributed by atoms with Crippen LogP contribution < -0.4 is 5.73 Å². The molecule has 196 valence electrons. The lowest BCUT2D eigenvalue weighted by Gasteiger charge is -2.16. The molecule has 39 heavy (non-hydrogen) atoms. The SMILES string of the molecule is Cc1cc2c(s1)N=C(Cn1nc(-c3cc(O)cc(F)c3)c3c(N)ncnc31)CC(Cc1ccccc1C)C2=O. The van der Waals surface area contributed by atoms with Crippen LogP contribution in [0.3, 0.4) is 0 Å². The van der Waals surface area contributed by atoms with Crippen LogP contribution in [0, 0.1) is 25.6 Å². The van der Waals surface area contributed by atoms with E-state index in [2.05, 4.69) is 29.0 Å². The molecule has 8 nitrogen and oxygen atoms in total. The molecule has 0 saturated heterocycles. The van der Waals surface area contributed by atoms with Crippen molar-refractivity contribution in [2.24, 2.45) is 10.9 Å². The molecule has 1 atom stereocenters. The zero-order chi connectivity index (χ0) is 27.3. The van der Waals surface area contributed by atoms with E-state index in [4.69, 9.17) is 15.8 Å². The maximum Gasteiger partial charge on any atom is 0.169 e. The molecular weight excluding hydrogens is 515 g/mol. The average molecular weight is 541 g/mol. The number of aromatic hydroxyl groups is 1. The maximum absolute atomic E-state index is 14.2. The second-order valence-electron chi connectivity index (χ2n) is 9.81. The summed E-state index contributed by atoms with van der Waals surface area (Å²) in [6.45, 7) is 4.28. The number of phenols is 1. The molecular formula is C29H25FN6O2S. The van der Waals surface area contributed by atoms with Crippen molar-refractivity contribution in [2.75, 3.05) is 5.73 Å². The third-order valence-electron chi connectivity index (χ3n) is 6.99. The summed E-state index contributed by atoms with van der Waals surface area (Å²) in [7, 11) is 0. The number of Topliss-reactive ketones (excluding diaryl/α,β-unsaturated/α-hetero) is 1. The molecule has 6 rings (SSSR count). The summed E-state index contributed by atoms with van der Waals surface area (Å²) in [5.74, 6) is -0.842. The van der Waals surface area contributed by atoms with Gasteiger partial charge in [-0.1, -0.05) is 24.3 Å². The third kappa shape index (κ3) is 4.67. The van der Waals surface area contributed by atoms with Crippen LogP contribution in [0.25, 0.3) is 22.3 Å². The molecule has 0 aliphatic carbocycles. The number of nitrogen functional groups attached to an aromatic ring is 1. The number of nitrogens with two attached hydrogens (primary N) is 1. The number of hydrogen-bond acceptors (Lipinski definition) is 8. The first-order valence-electron chi connectivity index (χ1n) is 12.5. The van der Waals surface area contributed by atoms with E-state index in [1.807, 2.05) is 25.1 Å². The molecule has 5 aromatic rings. The zero-order valence-electron chi connectivity index (χ0n) is 21.3. The van der Waals surface area contributed by atoms with Gasteiger partial charge in [-0.15, -0.1) is 11.3 Å². The minimum atomic E-state index is -0.602. The Morgan fingerprint density at radius 3 is 2.77 bits per heavy atom. The van der Waals surface area contributed by atoms with Crippen molar-refractivity contribution in [1.82, 2.24) is 19.7 Å². The molecule has 4 heterocycles. The molecule has 0 fully saturated rings. The number of aryl methyl sites for hydroxylation is 2. The van der Waals surface area contributed by atoms with Crippen molar-refractivity contribution in [3.05, 3.63) is 82.2 Å². The number of ketones is 1. The number of halogens is 1. The molecule has 0 saturated carbocycles. The molecule has 1 aliphatic rings. The Morgan fingerprint density at radius 1 is 1.15 bits per heavy atom. The van der Waals surface area contributed by atoms with Crippen LogP contribution in [0.1, 0.15) is 32.8 Å². The Morgan fingerprint density at radius 2 is 1.97 bits per heavy atom. The Bertz CT molecular complexity index is 1770. The fraction of sp³-hybridized carbons (Fsp3) is 0.207. The highest BCUT2D eigenvalue weighted by Gasteiger charge is 2.30.